The summed E-state index contributed by atoms with van der Waals surface area (Å²) in [5.41, 5.74) is 0.803. The Hall–Kier alpha value is -2.52. The molecule has 1 amide bonds. The Morgan fingerprint density at radius 2 is 2.00 bits per heavy atom. The van der Waals surface area contributed by atoms with Gasteiger partial charge in [0.15, 0.2) is 5.13 Å². The van der Waals surface area contributed by atoms with Crippen molar-refractivity contribution in [3.05, 3.63) is 47.0 Å². The van der Waals surface area contributed by atoms with Crippen molar-refractivity contribution in [1.29, 1.82) is 5.26 Å². The zero-order valence-electron chi connectivity index (χ0n) is 15.9. The molecule has 0 bridgehead atoms. The molecule has 0 saturated heterocycles. The van der Waals surface area contributed by atoms with E-state index in [-0.39, 0.29) is 23.7 Å². The van der Waals surface area contributed by atoms with Crippen LogP contribution >= 0.6 is 11.3 Å². The largest absolute Gasteiger partial charge is 0.389 e. The van der Waals surface area contributed by atoms with E-state index in [4.69, 9.17) is 5.26 Å². The van der Waals surface area contributed by atoms with Crippen molar-refractivity contribution >= 4 is 32.4 Å². The van der Waals surface area contributed by atoms with Crippen molar-refractivity contribution in [2.24, 2.45) is 0 Å². The van der Waals surface area contributed by atoms with Gasteiger partial charge in [-0.1, -0.05) is 30.3 Å². The Labute approximate surface area is 173 Å². The van der Waals surface area contributed by atoms with Gasteiger partial charge in [-0.3, -0.25) is 4.79 Å². The highest BCUT2D eigenvalue weighted by molar-refractivity contribution is 7.92. The highest BCUT2D eigenvalue weighted by Crippen LogP contribution is 2.21. The molecule has 1 heterocycles. The number of anilines is 1. The number of hydrogen-bond acceptors (Lipinski definition) is 8. The first-order chi connectivity index (χ1) is 13.6. The molecule has 9 nitrogen and oxygen atoms in total. The van der Waals surface area contributed by atoms with Crippen molar-refractivity contribution in [3.63, 3.8) is 0 Å². The summed E-state index contributed by atoms with van der Waals surface area (Å²) in [7, 11) is -2.19. The molecule has 0 spiro atoms. The number of rotatable bonds is 9. The number of amides is 1. The van der Waals surface area contributed by atoms with Gasteiger partial charge in [-0.25, -0.2) is 17.7 Å². The smallest absolute Gasteiger partial charge is 0.271 e. The third-order valence-corrected chi connectivity index (χ3v) is 6.41. The van der Waals surface area contributed by atoms with Crippen molar-refractivity contribution in [2.75, 3.05) is 17.6 Å². The first-order valence-corrected chi connectivity index (χ1v) is 11.3. The number of sulfonamides is 1. The Morgan fingerprint density at radius 1 is 1.34 bits per heavy atom. The highest BCUT2D eigenvalue weighted by Gasteiger charge is 2.29. The second-order valence-electron chi connectivity index (χ2n) is 6.44. The maximum atomic E-state index is 12.6. The first-order valence-electron chi connectivity index (χ1n) is 8.60. The van der Waals surface area contributed by atoms with Crippen LogP contribution in [0, 0.1) is 11.3 Å². The molecule has 0 radical (unpaired) electrons. The third-order valence-electron chi connectivity index (χ3n) is 4.21. The van der Waals surface area contributed by atoms with Crippen LogP contribution < -0.4 is 9.62 Å². The summed E-state index contributed by atoms with van der Waals surface area (Å²) < 4.78 is 24.2. The minimum absolute atomic E-state index is 0.0134. The topological polar surface area (TPSA) is 144 Å². The predicted octanol–water partition coefficient (Wildman–Crippen LogP) is 0.515. The van der Waals surface area contributed by atoms with Crippen LogP contribution in [0.3, 0.4) is 0 Å². The molecule has 3 N–H and O–H groups in total. The summed E-state index contributed by atoms with van der Waals surface area (Å²) in [6.07, 6.45) is -1.76. The fourth-order valence-electron chi connectivity index (χ4n) is 2.50. The molecule has 11 heteroatoms. The molecule has 0 aliphatic heterocycles. The van der Waals surface area contributed by atoms with Gasteiger partial charge in [-0.2, -0.15) is 5.26 Å². The number of benzene rings is 1. The molecule has 29 heavy (non-hydrogen) atoms. The van der Waals surface area contributed by atoms with E-state index in [2.05, 4.69) is 10.3 Å². The van der Waals surface area contributed by atoms with Crippen molar-refractivity contribution < 1.29 is 23.4 Å². The van der Waals surface area contributed by atoms with Gasteiger partial charge >= 0.3 is 0 Å². The number of carbonyl (C=O) groups excluding carboxylic acids is 1. The molecular formula is C18H22N4O5S2. The maximum absolute atomic E-state index is 12.6. The molecule has 1 aromatic heterocycles. The number of nitrogens with zero attached hydrogens (tertiary/aromatic N) is 3. The number of aliphatic hydroxyl groups excluding tert-OH is 2. The van der Waals surface area contributed by atoms with E-state index in [9.17, 15) is 23.4 Å². The number of hydrogen-bond donors (Lipinski definition) is 3. The van der Waals surface area contributed by atoms with Crippen molar-refractivity contribution in [1.82, 2.24) is 10.3 Å². The van der Waals surface area contributed by atoms with Crippen LogP contribution in [-0.2, 0) is 16.4 Å². The average Bonchev–Trinajstić information content (AvgIpc) is 3.16. The van der Waals surface area contributed by atoms with Crippen LogP contribution in [0.4, 0.5) is 5.13 Å². The van der Waals surface area contributed by atoms with Crippen LogP contribution in [0.1, 0.15) is 22.5 Å². The fourth-order valence-corrected chi connectivity index (χ4v) is 4.04. The van der Waals surface area contributed by atoms with Gasteiger partial charge in [0.1, 0.15) is 11.8 Å². The van der Waals surface area contributed by atoms with E-state index >= 15 is 0 Å². The lowest BCUT2D eigenvalue weighted by Gasteiger charge is -2.26. The standard InChI is InChI=1S/C18H22N4O5S2/c1-22(29(2,26)27)18-21-14(11-28-18)17(25)20-13(16(24)15(23)8-9-19)10-12-6-4-3-5-7-12/h3-7,11,13,15-16,23-24H,8,10H2,1-2H3,(H,20,25). The predicted molar refractivity (Wildman–Crippen MR) is 109 cm³/mol. The van der Waals surface area contributed by atoms with Gasteiger partial charge in [0.05, 0.1) is 30.9 Å². The first kappa shape index (κ1) is 22.8. The molecule has 156 valence electrons. The molecule has 1 aromatic carbocycles. The molecule has 3 unspecified atom stereocenters. The van der Waals surface area contributed by atoms with Gasteiger partial charge in [-0.05, 0) is 12.0 Å². The van der Waals surface area contributed by atoms with E-state index in [0.29, 0.717) is 0 Å². The minimum atomic E-state index is -3.52. The maximum Gasteiger partial charge on any atom is 0.271 e. The number of carbonyl (C=O) groups is 1. The monoisotopic (exact) mass is 438 g/mol. The molecule has 0 saturated carbocycles. The average molecular weight is 439 g/mol. The zero-order chi connectivity index (χ0) is 21.6. The molecule has 2 aromatic rings. The van der Waals surface area contributed by atoms with Crippen molar-refractivity contribution in [2.45, 2.75) is 31.1 Å². The Balaban J connectivity index is 2.20. The molecular weight excluding hydrogens is 416 g/mol. The molecule has 0 aliphatic carbocycles. The van der Waals surface area contributed by atoms with Gasteiger partial charge in [-0.15, -0.1) is 11.3 Å². The summed E-state index contributed by atoms with van der Waals surface area (Å²) in [5, 5.41) is 33.4. The Bertz CT molecular complexity index is 972. The molecule has 2 rings (SSSR count). The van der Waals surface area contributed by atoms with E-state index in [1.54, 1.807) is 18.2 Å². The normalized spacial score (nSPS) is 14.4. The zero-order valence-corrected chi connectivity index (χ0v) is 17.5. The van der Waals surface area contributed by atoms with E-state index in [1.807, 2.05) is 18.2 Å². The SMILES string of the molecule is CN(c1nc(C(=O)NC(Cc2ccccc2)C(O)C(O)CC#N)cs1)S(C)(=O)=O. The lowest BCUT2D eigenvalue weighted by molar-refractivity contribution is -0.000377. The minimum Gasteiger partial charge on any atom is -0.389 e. The van der Waals surface area contributed by atoms with Gasteiger partial charge < -0.3 is 15.5 Å². The highest BCUT2D eigenvalue weighted by atomic mass is 32.2. The van der Waals surface area contributed by atoms with E-state index in [1.165, 1.54) is 12.4 Å². The van der Waals surface area contributed by atoms with Crippen molar-refractivity contribution in [3.8, 4) is 6.07 Å². The quantitative estimate of drug-likeness (QED) is 0.517. The molecule has 3 atom stereocenters. The van der Waals surface area contributed by atoms with Gasteiger partial charge in [0.25, 0.3) is 5.91 Å². The molecule has 0 aliphatic rings. The summed E-state index contributed by atoms with van der Waals surface area (Å²) >= 11 is 0.987. The number of thiazole rings is 1. The summed E-state index contributed by atoms with van der Waals surface area (Å²) in [5.74, 6) is -0.626. The fraction of sp³-hybridized carbons (Fsp3) is 0.389. The van der Waals surface area contributed by atoms with Crippen LogP contribution in [0.25, 0.3) is 0 Å². The Kier molecular flexibility index (Phi) is 7.69. The lowest BCUT2D eigenvalue weighted by atomic mass is 9.96. The number of aliphatic hydroxyl groups is 2. The Morgan fingerprint density at radius 3 is 2.59 bits per heavy atom. The van der Waals surface area contributed by atoms with Crippen LogP contribution in [-0.4, -0.2) is 61.1 Å². The second-order valence-corrected chi connectivity index (χ2v) is 9.29. The van der Waals surface area contributed by atoms with Crippen LogP contribution in [0.5, 0.6) is 0 Å². The summed E-state index contributed by atoms with van der Waals surface area (Å²) in [6, 6.07) is 9.96. The van der Waals surface area contributed by atoms with Gasteiger partial charge in [0, 0.05) is 12.4 Å². The number of nitriles is 1. The van der Waals surface area contributed by atoms with E-state index < -0.39 is 34.2 Å². The molecule has 0 fully saturated rings. The summed E-state index contributed by atoms with van der Waals surface area (Å²) in [6.45, 7) is 0. The second kappa shape index (κ2) is 9.80. The number of aromatic nitrogens is 1. The van der Waals surface area contributed by atoms with E-state index in [0.717, 1.165) is 27.5 Å². The lowest BCUT2D eigenvalue weighted by Crippen LogP contribution is -2.49. The summed E-state index contributed by atoms with van der Waals surface area (Å²) in [4.78, 5) is 16.7. The number of nitrogens with one attached hydrogen (secondary N) is 1. The van der Waals surface area contributed by atoms with Gasteiger partial charge in [0.2, 0.25) is 10.0 Å². The third kappa shape index (κ3) is 6.23. The van der Waals surface area contributed by atoms with Crippen LogP contribution in [0.2, 0.25) is 0 Å². The van der Waals surface area contributed by atoms with Crippen LogP contribution in [0.15, 0.2) is 35.7 Å².